The van der Waals surface area contributed by atoms with Gasteiger partial charge in [-0.15, -0.1) is 0 Å². The summed E-state index contributed by atoms with van der Waals surface area (Å²) < 4.78 is 7.07. The summed E-state index contributed by atoms with van der Waals surface area (Å²) in [6.07, 6.45) is 1.90. The molecule has 0 aliphatic rings. The molecule has 1 atom stereocenters. The van der Waals surface area contributed by atoms with E-state index in [1.54, 1.807) is 11.8 Å². The van der Waals surface area contributed by atoms with Gasteiger partial charge in [-0.2, -0.15) is 5.10 Å². The highest BCUT2D eigenvalue weighted by atomic mass is 16.5. The molecule has 0 bridgehead atoms. The Hall–Kier alpha value is -1.81. The predicted octanol–water partition coefficient (Wildman–Crippen LogP) is 2.09. The van der Waals surface area contributed by atoms with Gasteiger partial charge in [0.15, 0.2) is 0 Å². The molecule has 0 radical (unpaired) electrons. The maximum atomic E-state index is 6.27. The van der Waals surface area contributed by atoms with Crippen molar-refractivity contribution < 1.29 is 4.74 Å². The largest absolute Gasteiger partial charge is 0.496 e. The van der Waals surface area contributed by atoms with E-state index in [0.717, 1.165) is 28.1 Å². The fraction of sp³-hybridized carbons (Fsp3) is 0.357. The van der Waals surface area contributed by atoms with E-state index in [9.17, 15) is 0 Å². The summed E-state index contributed by atoms with van der Waals surface area (Å²) in [5.74, 6) is 0.893. The molecule has 1 aromatic carbocycles. The van der Waals surface area contributed by atoms with Crippen LogP contribution in [0.25, 0.3) is 0 Å². The van der Waals surface area contributed by atoms with Crippen molar-refractivity contribution in [3.8, 4) is 5.75 Å². The lowest BCUT2D eigenvalue weighted by Crippen LogP contribution is -2.14. The fourth-order valence-electron chi connectivity index (χ4n) is 2.13. The number of hydrogen-bond acceptors (Lipinski definition) is 3. The van der Waals surface area contributed by atoms with Gasteiger partial charge >= 0.3 is 0 Å². The van der Waals surface area contributed by atoms with Crippen molar-refractivity contribution in [3.63, 3.8) is 0 Å². The molecule has 0 aliphatic carbocycles. The zero-order valence-corrected chi connectivity index (χ0v) is 11.3. The first-order valence-corrected chi connectivity index (χ1v) is 5.93. The standard InChI is InChI=1S/C14H19N3O/c1-9-8-13(18-4)10(2)7-11(9)14(15)12-5-6-17(3)16-12/h5-8,14H,15H2,1-4H3. The molecule has 4 nitrogen and oxygen atoms in total. The van der Waals surface area contributed by atoms with Gasteiger partial charge < -0.3 is 10.5 Å². The van der Waals surface area contributed by atoms with Crippen LogP contribution in [-0.2, 0) is 7.05 Å². The predicted molar refractivity (Wildman–Crippen MR) is 71.7 cm³/mol. The van der Waals surface area contributed by atoms with Crippen LogP contribution in [0.5, 0.6) is 5.75 Å². The van der Waals surface area contributed by atoms with Gasteiger partial charge in [0.25, 0.3) is 0 Å². The highest BCUT2D eigenvalue weighted by Gasteiger charge is 2.15. The Morgan fingerprint density at radius 2 is 2.00 bits per heavy atom. The lowest BCUT2D eigenvalue weighted by atomic mass is 9.97. The third-order valence-electron chi connectivity index (χ3n) is 3.17. The molecule has 0 amide bonds. The molecule has 96 valence electrons. The summed E-state index contributed by atoms with van der Waals surface area (Å²) in [6, 6.07) is 5.85. The van der Waals surface area contributed by atoms with Gasteiger partial charge in [-0.05, 0) is 42.7 Å². The zero-order valence-electron chi connectivity index (χ0n) is 11.3. The van der Waals surface area contributed by atoms with Crippen LogP contribution in [0.1, 0.15) is 28.4 Å². The first kappa shape index (κ1) is 12.6. The minimum atomic E-state index is -0.198. The monoisotopic (exact) mass is 245 g/mol. The average molecular weight is 245 g/mol. The molecule has 4 heteroatoms. The van der Waals surface area contributed by atoms with Crippen LogP contribution in [0.3, 0.4) is 0 Å². The summed E-state index contributed by atoms with van der Waals surface area (Å²) in [5, 5.41) is 4.36. The van der Waals surface area contributed by atoms with E-state index < -0.39 is 0 Å². The van der Waals surface area contributed by atoms with Gasteiger partial charge in [-0.3, -0.25) is 4.68 Å². The van der Waals surface area contributed by atoms with Crippen molar-refractivity contribution in [1.82, 2.24) is 9.78 Å². The first-order valence-electron chi connectivity index (χ1n) is 5.93. The molecule has 0 fully saturated rings. The van der Waals surface area contributed by atoms with Gasteiger partial charge in [0, 0.05) is 13.2 Å². The van der Waals surface area contributed by atoms with Gasteiger partial charge in [-0.1, -0.05) is 6.07 Å². The Morgan fingerprint density at radius 3 is 2.56 bits per heavy atom. The van der Waals surface area contributed by atoms with Crippen molar-refractivity contribution in [1.29, 1.82) is 0 Å². The van der Waals surface area contributed by atoms with E-state index in [1.165, 1.54) is 0 Å². The molecule has 1 heterocycles. The number of aryl methyl sites for hydroxylation is 3. The molecule has 0 spiro atoms. The van der Waals surface area contributed by atoms with E-state index in [2.05, 4.69) is 11.2 Å². The normalized spacial score (nSPS) is 12.5. The second kappa shape index (κ2) is 4.82. The molecule has 0 saturated carbocycles. The maximum absolute atomic E-state index is 6.27. The molecule has 2 aromatic rings. The SMILES string of the molecule is COc1cc(C)c(C(N)c2ccn(C)n2)cc1C. The molecule has 0 saturated heterocycles. The number of aromatic nitrogens is 2. The first-order chi connectivity index (χ1) is 8.52. The highest BCUT2D eigenvalue weighted by Crippen LogP contribution is 2.28. The number of nitrogens with two attached hydrogens (primary N) is 1. The lowest BCUT2D eigenvalue weighted by Gasteiger charge is -2.15. The highest BCUT2D eigenvalue weighted by molar-refractivity contribution is 5.44. The zero-order chi connectivity index (χ0) is 13.3. The molecule has 1 aromatic heterocycles. The van der Waals surface area contributed by atoms with Crippen LogP contribution in [0.15, 0.2) is 24.4 Å². The Bertz CT molecular complexity index is 560. The van der Waals surface area contributed by atoms with Crippen molar-refractivity contribution in [2.24, 2.45) is 12.8 Å². The summed E-state index contributed by atoms with van der Waals surface area (Å²) in [4.78, 5) is 0. The second-order valence-corrected chi connectivity index (χ2v) is 4.57. The summed E-state index contributed by atoms with van der Waals surface area (Å²) in [6.45, 7) is 4.06. The van der Waals surface area contributed by atoms with Gasteiger partial charge in [-0.25, -0.2) is 0 Å². The topological polar surface area (TPSA) is 53.1 Å². The van der Waals surface area contributed by atoms with Crippen molar-refractivity contribution in [2.45, 2.75) is 19.9 Å². The smallest absolute Gasteiger partial charge is 0.122 e. The third kappa shape index (κ3) is 2.24. The molecular formula is C14H19N3O. The van der Waals surface area contributed by atoms with Gasteiger partial charge in [0.2, 0.25) is 0 Å². The Labute approximate surface area is 107 Å². The van der Waals surface area contributed by atoms with Crippen molar-refractivity contribution >= 4 is 0 Å². The van der Waals surface area contributed by atoms with Crippen LogP contribution < -0.4 is 10.5 Å². The number of ether oxygens (including phenoxy) is 1. The third-order valence-corrected chi connectivity index (χ3v) is 3.17. The molecule has 2 N–H and O–H groups in total. The molecule has 1 unspecified atom stereocenters. The van der Waals surface area contributed by atoms with Crippen LogP contribution in [0.4, 0.5) is 0 Å². The number of nitrogens with zero attached hydrogens (tertiary/aromatic N) is 2. The van der Waals surface area contributed by atoms with E-state index in [4.69, 9.17) is 10.5 Å². The van der Waals surface area contributed by atoms with Gasteiger partial charge in [0.1, 0.15) is 5.75 Å². The van der Waals surface area contributed by atoms with Gasteiger partial charge in [0.05, 0.1) is 18.8 Å². The molecule has 2 rings (SSSR count). The van der Waals surface area contributed by atoms with E-state index in [-0.39, 0.29) is 6.04 Å². The van der Waals surface area contributed by atoms with Crippen LogP contribution in [0, 0.1) is 13.8 Å². The number of benzene rings is 1. The summed E-state index contributed by atoms with van der Waals surface area (Å²) >= 11 is 0. The van der Waals surface area contributed by atoms with Crippen LogP contribution in [0.2, 0.25) is 0 Å². The Morgan fingerprint density at radius 1 is 1.28 bits per heavy atom. The van der Waals surface area contributed by atoms with E-state index >= 15 is 0 Å². The quantitative estimate of drug-likeness (QED) is 0.901. The van der Waals surface area contributed by atoms with E-state index in [0.29, 0.717) is 0 Å². The molecule has 0 aliphatic heterocycles. The number of methoxy groups -OCH3 is 1. The summed E-state index contributed by atoms with van der Waals surface area (Å²) in [5.41, 5.74) is 10.5. The van der Waals surface area contributed by atoms with Crippen molar-refractivity contribution in [3.05, 3.63) is 46.8 Å². The Balaban J connectivity index is 2.42. The van der Waals surface area contributed by atoms with Crippen molar-refractivity contribution in [2.75, 3.05) is 7.11 Å². The average Bonchev–Trinajstić information content (AvgIpc) is 2.77. The lowest BCUT2D eigenvalue weighted by molar-refractivity contribution is 0.411. The fourth-order valence-corrected chi connectivity index (χ4v) is 2.13. The molecular weight excluding hydrogens is 226 g/mol. The van der Waals surface area contributed by atoms with Crippen LogP contribution in [-0.4, -0.2) is 16.9 Å². The molecule has 18 heavy (non-hydrogen) atoms. The maximum Gasteiger partial charge on any atom is 0.122 e. The number of hydrogen-bond donors (Lipinski definition) is 1. The Kier molecular flexibility index (Phi) is 3.39. The van der Waals surface area contributed by atoms with E-state index in [1.807, 2.05) is 39.2 Å². The van der Waals surface area contributed by atoms with Crippen LogP contribution >= 0.6 is 0 Å². The minimum Gasteiger partial charge on any atom is -0.496 e. The number of rotatable bonds is 3. The second-order valence-electron chi connectivity index (χ2n) is 4.57. The minimum absolute atomic E-state index is 0.198. The summed E-state index contributed by atoms with van der Waals surface area (Å²) in [7, 11) is 3.57.